The second-order valence-electron chi connectivity index (χ2n) is 5.78. The van der Waals surface area contributed by atoms with Crippen molar-refractivity contribution in [3.63, 3.8) is 0 Å². The maximum Gasteiger partial charge on any atom is 0.255 e. The summed E-state index contributed by atoms with van der Waals surface area (Å²) in [6, 6.07) is 4.55. The molecule has 1 saturated carbocycles. The Labute approximate surface area is 124 Å². The van der Waals surface area contributed by atoms with Gasteiger partial charge in [0.2, 0.25) is 0 Å². The molecule has 1 aliphatic rings. The van der Waals surface area contributed by atoms with E-state index in [4.69, 9.17) is 4.74 Å². The Kier molecular flexibility index (Phi) is 5.07. The molecule has 0 atom stereocenters. The highest BCUT2D eigenvalue weighted by Gasteiger charge is 2.32. The topological polar surface area (TPSA) is 78.8 Å². The highest BCUT2D eigenvalue weighted by Crippen LogP contribution is 2.35. The molecule has 0 saturated heterocycles. The molecule has 0 heterocycles. The zero-order chi connectivity index (χ0) is 15.3. The number of carbonyl (C=O) groups is 1. The van der Waals surface area contributed by atoms with Crippen molar-refractivity contribution >= 4 is 5.91 Å². The molecule has 0 unspecified atom stereocenters. The van der Waals surface area contributed by atoms with E-state index in [2.05, 4.69) is 5.32 Å². The molecule has 2 rings (SSSR count). The van der Waals surface area contributed by atoms with Crippen LogP contribution in [0, 0.1) is 5.41 Å². The minimum atomic E-state index is -0.343. The summed E-state index contributed by atoms with van der Waals surface area (Å²) in [5.74, 6) is 0.104. The molecular formula is C16H23NO4. The van der Waals surface area contributed by atoms with Crippen LogP contribution in [0.2, 0.25) is 0 Å². The van der Waals surface area contributed by atoms with Crippen molar-refractivity contribution in [3.05, 3.63) is 23.8 Å². The van der Waals surface area contributed by atoms with Gasteiger partial charge in [-0.15, -0.1) is 0 Å². The minimum Gasteiger partial charge on any atom is -0.507 e. The zero-order valence-electron chi connectivity index (χ0n) is 12.4. The van der Waals surface area contributed by atoms with Gasteiger partial charge in [-0.25, -0.2) is 0 Å². The molecule has 1 amide bonds. The maximum atomic E-state index is 12.2. The van der Waals surface area contributed by atoms with Crippen molar-refractivity contribution in [2.24, 2.45) is 5.41 Å². The zero-order valence-corrected chi connectivity index (χ0v) is 12.4. The molecular weight excluding hydrogens is 270 g/mol. The van der Waals surface area contributed by atoms with Gasteiger partial charge in [-0.3, -0.25) is 4.79 Å². The number of rotatable bonds is 5. The van der Waals surface area contributed by atoms with E-state index in [1.54, 1.807) is 6.07 Å². The number of nitrogens with one attached hydrogen (secondary N) is 1. The molecule has 3 N–H and O–H groups in total. The van der Waals surface area contributed by atoms with Crippen LogP contribution in [0.3, 0.4) is 0 Å². The Bertz CT molecular complexity index is 495. The highest BCUT2D eigenvalue weighted by atomic mass is 16.5. The van der Waals surface area contributed by atoms with Crippen LogP contribution in [-0.2, 0) is 0 Å². The first-order valence-corrected chi connectivity index (χ1v) is 7.36. The molecule has 0 aromatic heterocycles. The van der Waals surface area contributed by atoms with Crippen molar-refractivity contribution in [2.45, 2.75) is 32.1 Å². The number of aromatic hydroxyl groups is 1. The summed E-state index contributed by atoms with van der Waals surface area (Å²) < 4.78 is 5.06. The summed E-state index contributed by atoms with van der Waals surface area (Å²) in [4.78, 5) is 12.2. The lowest BCUT2D eigenvalue weighted by Gasteiger charge is -2.35. The summed E-state index contributed by atoms with van der Waals surface area (Å²) in [7, 11) is 1.51. The van der Waals surface area contributed by atoms with E-state index >= 15 is 0 Å². The monoisotopic (exact) mass is 293 g/mol. The van der Waals surface area contributed by atoms with Crippen molar-refractivity contribution < 1.29 is 19.7 Å². The minimum absolute atomic E-state index is 0.0741. The Morgan fingerprint density at radius 2 is 2.05 bits per heavy atom. The average Bonchev–Trinajstić information content (AvgIpc) is 2.54. The van der Waals surface area contributed by atoms with E-state index < -0.39 is 0 Å². The Balaban J connectivity index is 2.04. The van der Waals surface area contributed by atoms with Gasteiger partial charge in [-0.1, -0.05) is 19.3 Å². The van der Waals surface area contributed by atoms with Crippen LogP contribution in [0.5, 0.6) is 11.5 Å². The fourth-order valence-electron chi connectivity index (χ4n) is 2.88. The second-order valence-corrected chi connectivity index (χ2v) is 5.78. The summed E-state index contributed by atoms with van der Waals surface area (Å²) in [5, 5.41) is 22.3. The van der Waals surface area contributed by atoms with Crippen molar-refractivity contribution in [1.82, 2.24) is 5.32 Å². The first-order valence-electron chi connectivity index (χ1n) is 7.36. The third-order valence-corrected chi connectivity index (χ3v) is 4.32. The van der Waals surface area contributed by atoms with Gasteiger partial charge in [0, 0.05) is 12.0 Å². The van der Waals surface area contributed by atoms with Crippen molar-refractivity contribution in [2.75, 3.05) is 20.3 Å². The molecule has 5 heteroatoms. The summed E-state index contributed by atoms with van der Waals surface area (Å²) in [6.07, 6.45) is 5.20. The quantitative estimate of drug-likeness (QED) is 0.776. The van der Waals surface area contributed by atoms with Gasteiger partial charge in [0.25, 0.3) is 5.91 Å². The number of carbonyl (C=O) groups excluding carboxylic acids is 1. The van der Waals surface area contributed by atoms with Crippen LogP contribution in [0.4, 0.5) is 0 Å². The van der Waals surface area contributed by atoms with Crippen molar-refractivity contribution in [3.8, 4) is 11.5 Å². The molecule has 0 spiro atoms. The van der Waals surface area contributed by atoms with Gasteiger partial charge in [-0.2, -0.15) is 0 Å². The first kappa shape index (κ1) is 15.6. The normalized spacial score (nSPS) is 17.2. The number of ether oxygens (including phenoxy) is 1. The molecule has 0 aliphatic heterocycles. The molecule has 5 nitrogen and oxygen atoms in total. The predicted molar refractivity (Wildman–Crippen MR) is 79.6 cm³/mol. The molecule has 1 aliphatic carbocycles. The number of phenols is 1. The standard InChI is InChI=1S/C16H23NO4/c1-21-12-5-6-14(19)13(9-12)15(20)17-10-16(11-18)7-3-2-4-8-16/h5-6,9,18-19H,2-4,7-8,10-11H2,1H3,(H,17,20). The molecule has 0 bridgehead atoms. The number of hydrogen-bond acceptors (Lipinski definition) is 4. The Hall–Kier alpha value is -1.75. The Morgan fingerprint density at radius 1 is 1.33 bits per heavy atom. The van der Waals surface area contributed by atoms with Crippen LogP contribution in [0.25, 0.3) is 0 Å². The van der Waals surface area contributed by atoms with Gasteiger partial charge in [0.05, 0.1) is 19.3 Å². The van der Waals surface area contributed by atoms with Gasteiger partial charge >= 0.3 is 0 Å². The van der Waals surface area contributed by atoms with Crippen molar-refractivity contribution in [1.29, 1.82) is 0 Å². The third-order valence-electron chi connectivity index (χ3n) is 4.32. The smallest absolute Gasteiger partial charge is 0.255 e. The van der Waals surface area contributed by atoms with Crippen LogP contribution in [-0.4, -0.2) is 36.4 Å². The largest absolute Gasteiger partial charge is 0.507 e. The van der Waals surface area contributed by atoms with E-state index in [9.17, 15) is 15.0 Å². The maximum absolute atomic E-state index is 12.2. The van der Waals surface area contributed by atoms with E-state index in [1.807, 2.05) is 0 Å². The van der Waals surface area contributed by atoms with Crippen LogP contribution < -0.4 is 10.1 Å². The SMILES string of the molecule is COc1ccc(O)c(C(=O)NCC2(CO)CCCCC2)c1. The second kappa shape index (κ2) is 6.80. The summed E-state index contributed by atoms with van der Waals surface area (Å²) in [6.45, 7) is 0.510. The van der Waals surface area contributed by atoms with E-state index in [-0.39, 0.29) is 29.2 Å². The third kappa shape index (κ3) is 3.67. The summed E-state index contributed by atoms with van der Waals surface area (Å²) in [5.41, 5.74) is -0.0270. The number of amides is 1. The number of phenolic OH excluding ortho intramolecular Hbond substituents is 1. The first-order chi connectivity index (χ1) is 10.1. The fraction of sp³-hybridized carbons (Fsp3) is 0.562. The summed E-state index contributed by atoms with van der Waals surface area (Å²) >= 11 is 0. The highest BCUT2D eigenvalue weighted by molar-refractivity contribution is 5.97. The van der Waals surface area contributed by atoms with Gasteiger partial charge < -0.3 is 20.3 Å². The van der Waals surface area contributed by atoms with E-state index in [0.717, 1.165) is 25.7 Å². The number of aliphatic hydroxyl groups is 1. The lowest BCUT2D eigenvalue weighted by Crippen LogP contribution is -2.41. The molecule has 1 fully saturated rings. The molecule has 1 aromatic carbocycles. The number of aliphatic hydroxyl groups excluding tert-OH is 1. The van der Waals surface area contributed by atoms with Crippen LogP contribution in [0.15, 0.2) is 18.2 Å². The lowest BCUT2D eigenvalue weighted by molar-refractivity contribution is 0.0716. The predicted octanol–water partition coefficient (Wildman–Crippen LogP) is 2.07. The van der Waals surface area contributed by atoms with Crippen LogP contribution in [0.1, 0.15) is 42.5 Å². The van der Waals surface area contributed by atoms with E-state index in [0.29, 0.717) is 12.3 Å². The molecule has 21 heavy (non-hydrogen) atoms. The van der Waals surface area contributed by atoms with E-state index in [1.165, 1.54) is 25.7 Å². The van der Waals surface area contributed by atoms with Gasteiger partial charge in [-0.05, 0) is 31.0 Å². The number of hydrogen-bond donors (Lipinski definition) is 3. The average molecular weight is 293 g/mol. The Morgan fingerprint density at radius 3 is 2.67 bits per heavy atom. The molecule has 116 valence electrons. The fourth-order valence-corrected chi connectivity index (χ4v) is 2.88. The van der Waals surface area contributed by atoms with Gasteiger partial charge in [0.15, 0.2) is 0 Å². The number of benzene rings is 1. The molecule has 0 radical (unpaired) electrons. The molecule has 1 aromatic rings. The van der Waals surface area contributed by atoms with Crippen LogP contribution >= 0.6 is 0 Å². The van der Waals surface area contributed by atoms with Gasteiger partial charge in [0.1, 0.15) is 11.5 Å². The number of methoxy groups -OCH3 is 1. The lowest BCUT2D eigenvalue weighted by atomic mass is 9.74.